The van der Waals surface area contributed by atoms with Crippen LogP contribution in [0.2, 0.25) is 0 Å². The van der Waals surface area contributed by atoms with Crippen molar-refractivity contribution in [1.82, 2.24) is 4.31 Å². The third-order valence-corrected chi connectivity index (χ3v) is 3.13. The van der Waals surface area contributed by atoms with Gasteiger partial charge in [-0.3, -0.25) is 0 Å². The van der Waals surface area contributed by atoms with Crippen LogP contribution in [-0.2, 0) is 10.0 Å². The van der Waals surface area contributed by atoms with Crippen molar-refractivity contribution in [2.45, 2.75) is 6.42 Å². The van der Waals surface area contributed by atoms with Crippen molar-refractivity contribution in [3.8, 4) is 12.3 Å². The summed E-state index contributed by atoms with van der Waals surface area (Å²) in [7, 11) is -3.01. The molecule has 0 N–H and O–H groups in total. The van der Waals surface area contributed by atoms with Crippen molar-refractivity contribution in [3.05, 3.63) is 0 Å². The third-order valence-electron chi connectivity index (χ3n) is 1.86. The molecule has 1 fully saturated rings. The molecule has 0 radical (unpaired) electrons. The van der Waals surface area contributed by atoms with Crippen LogP contribution in [0.15, 0.2) is 0 Å². The smallest absolute Gasteiger partial charge is 0.211 e. The molecule has 0 aliphatic carbocycles. The Labute approximate surface area is 67.4 Å². The molecule has 0 spiro atoms. The van der Waals surface area contributed by atoms with E-state index in [0.29, 0.717) is 13.1 Å². The summed E-state index contributed by atoms with van der Waals surface area (Å²) in [6, 6.07) is 0. The maximum atomic E-state index is 11.0. The fourth-order valence-corrected chi connectivity index (χ4v) is 2.05. The summed E-state index contributed by atoms with van der Waals surface area (Å²) in [5.74, 6) is 2.68. The van der Waals surface area contributed by atoms with Gasteiger partial charge in [0.05, 0.1) is 6.26 Å². The fraction of sp³-hybridized carbons (Fsp3) is 0.714. The number of terminal acetylenes is 1. The zero-order chi connectivity index (χ0) is 8.48. The Bertz CT molecular complexity index is 275. The summed E-state index contributed by atoms with van der Waals surface area (Å²) in [6.45, 7) is 1.07. The molecule has 1 atom stereocenters. The minimum Gasteiger partial charge on any atom is -0.213 e. The number of hydrogen-bond donors (Lipinski definition) is 0. The molecule has 11 heavy (non-hydrogen) atoms. The average molecular weight is 173 g/mol. The molecule has 0 aromatic heterocycles. The molecule has 62 valence electrons. The molecule has 4 heteroatoms. The Morgan fingerprint density at radius 1 is 1.64 bits per heavy atom. The van der Waals surface area contributed by atoms with Gasteiger partial charge in [-0.1, -0.05) is 0 Å². The Morgan fingerprint density at radius 3 is 2.55 bits per heavy atom. The van der Waals surface area contributed by atoms with E-state index < -0.39 is 10.0 Å². The first kappa shape index (κ1) is 8.57. The van der Waals surface area contributed by atoms with Crippen LogP contribution in [0.25, 0.3) is 0 Å². The second-order valence-electron chi connectivity index (χ2n) is 2.77. The Hall–Kier alpha value is -0.530. The normalized spacial score (nSPS) is 26.7. The lowest BCUT2D eigenvalue weighted by molar-refractivity contribution is 0.477. The van der Waals surface area contributed by atoms with E-state index in [0.717, 1.165) is 6.42 Å². The summed E-state index contributed by atoms with van der Waals surface area (Å²) in [4.78, 5) is 0. The van der Waals surface area contributed by atoms with Gasteiger partial charge in [-0.15, -0.1) is 12.3 Å². The van der Waals surface area contributed by atoms with Crippen LogP contribution < -0.4 is 0 Å². The van der Waals surface area contributed by atoms with Crippen molar-refractivity contribution in [1.29, 1.82) is 0 Å². The quantitative estimate of drug-likeness (QED) is 0.519. The van der Waals surface area contributed by atoms with Gasteiger partial charge in [-0.2, -0.15) is 0 Å². The van der Waals surface area contributed by atoms with Gasteiger partial charge >= 0.3 is 0 Å². The SMILES string of the molecule is C#CC1CCN(S(C)(=O)=O)C1. The molecule has 0 bridgehead atoms. The summed E-state index contributed by atoms with van der Waals surface area (Å²) >= 11 is 0. The monoisotopic (exact) mass is 173 g/mol. The predicted octanol–water partition coefficient (Wildman–Crippen LogP) is -0.0989. The van der Waals surface area contributed by atoms with Crippen molar-refractivity contribution >= 4 is 10.0 Å². The first-order valence-electron chi connectivity index (χ1n) is 3.45. The van der Waals surface area contributed by atoms with E-state index in [1.54, 1.807) is 0 Å². The topological polar surface area (TPSA) is 37.4 Å². The van der Waals surface area contributed by atoms with Crippen LogP contribution in [0.5, 0.6) is 0 Å². The van der Waals surface area contributed by atoms with E-state index in [1.165, 1.54) is 10.6 Å². The molecule has 0 amide bonds. The minimum absolute atomic E-state index is 0.115. The average Bonchev–Trinajstić information content (AvgIpc) is 2.32. The van der Waals surface area contributed by atoms with Gasteiger partial charge in [0.15, 0.2) is 0 Å². The second kappa shape index (κ2) is 2.84. The van der Waals surface area contributed by atoms with E-state index in [9.17, 15) is 8.42 Å². The molecule has 1 unspecified atom stereocenters. The molecule has 0 saturated carbocycles. The van der Waals surface area contributed by atoms with Crippen molar-refractivity contribution in [3.63, 3.8) is 0 Å². The maximum Gasteiger partial charge on any atom is 0.211 e. The Morgan fingerprint density at radius 2 is 2.27 bits per heavy atom. The van der Waals surface area contributed by atoms with Crippen molar-refractivity contribution < 1.29 is 8.42 Å². The minimum atomic E-state index is -3.01. The number of nitrogens with zero attached hydrogens (tertiary/aromatic N) is 1. The molecular weight excluding hydrogens is 162 g/mol. The predicted molar refractivity (Wildman–Crippen MR) is 43.4 cm³/mol. The zero-order valence-corrected chi connectivity index (χ0v) is 7.26. The van der Waals surface area contributed by atoms with Crippen LogP contribution in [0.3, 0.4) is 0 Å². The molecule has 1 aliphatic rings. The zero-order valence-electron chi connectivity index (χ0n) is 6.45. The molecule has 1 saturated heterocycles. The first-order valence-corrected chi connectivity index (χ1v) is 5.30. The molecular formula is C7H11NO2S. The summed E-state index contributed by atoms with van der Waals surface area (Å²) < 4.78 is 23.3. The van der Waals surface area contributed by atoms with E-state index in [1.807, 2.05) is 0 Å². The molecule has 1 rings (SSSR count). The fourth-order valence-electron chi connectivity index (χ4n) is 1.17. The van der Waals surface area contributed by atoms with E-state index >= 15 is 0 Å². The molecule has 0 aromatic rings. The summed E-state index contributed by atoms with van der Waals surface area (Å²) in [6.07, 6.45) is 7.18. The highest BCUT2D eigenvalue weighted by molar-refractivity contribution is 7.88. The van der Waals surface area contributed by atoms with E-state index in [-0.39, 0.29) is 5.92 Å². The second-order valence-corrected chi connectivity index (χ2v) is 4.76. The van der Waals surface area contributed by atoms with Gasteiger partial charge in [0.25, 0.3) is 0 Å². The van der Waals surface area contributed by atoms with Crippen LogP contribution in [-0.4, -0.2) is 32.1 Å². The van der Waals surface area contributed by atoms with Crippen LogP contribution in [0.1, 0.15) is 6.42 Å². The number of hydrogen-bond acceptors (Lipinski definition) is 2. The number of sulfonamides is 1. The van der Waals surface area contributed by atoms with Gasteiger partial charge < -0.3 is 0 Å². The molecule has 1 heterocycles. The third kappa shape index (κ3) is 1.95. The van der Waals surface area contributed by atoms with Crippen molar-refractivity contribution in [2.24, 2.45) is 5.92 Å². The molecule has 0 aromatic carbocycles. The van der Waals surface area contributed by atoms with Crippen LogP contribution in [0.4, 0.5) is 0 Å². The number of rotatable bonds is 1. The van der Waals surface area contributed by atoms with Crippen LogP contribution in [0, 0.1) is 18.3 Å². The van der Waals surface area contributed by atoms with Gasteiger partial charge in [-0.05, 0) is 6.42 Å². The van der Waals surface area contributed by atoms with E-state index in [4.69, 9.17) is 6.42 Å². The lowest BCUT2D eigenvalue weighted by atomic mass is 10.1. The van der Waals surface area contributed by atoms with Gasteiger partial charge in [0, 0.05) is 19.0 Å². The standard InChI is InChI=1S/C7H11NO2S/c1-3-7-4-5-8(6-7)11(2,9)10/h1,7H,4-6H2,2H3. The lowest BCUT2D eigenvalue weighted by Crippen LogP contribution is -2.27. The maximum absolute atomic E-state index is 11.0. The largest absolute Gasteiger partial charge is 0.213 e. The summed E-state index contributed by atoms with van der Waals surface area (Å²) in [5, 5.41) is 0. The van der Waals surface area contributed by atoms with Crippen molar-refractivity contribution in [2.75, 3.05) is 19.3 Å². The van der Waals surface area contributed by atoms with Gasteiger partial charge in [-0.25, -0.2) is 12.7 Å². The molecule has 3 nitrogen and oxygen atoms in total. The van der Waals surface area contributed by atoms with Gasteiger partial charge in [0.2, 0.25) is 10.0 Å². The lowest BCUT2D eigenvalue weighted by Gasteiger charge is -2.10. The highest BCUT2D eigenvalue weighted by atomic mass is 32.2. The highest BCUT2D eigenvalue weighted by Gasteiger charge is 2.26. The van der Waals surface area contributed by atoms with Gasteiger partial charge in [0.1, 0.15) is 0 Å². The highest BCUT2D eigenvalue weighted by Crippen LogP contribution is 2.17. The summed E-state index contributed by atoms with van der Waals surface area (Å²) in [5.41, 5.74) is 0. The molecule has 1 aliphatic heterocycles. The Balaban J connectivity index is 2.64. The Kier molecular flexibility index (Phi) is 2.21. The van der Waals surface area contributed by atoms with Crippen LogP contribution >= 0.6 is 0 Å². The first-order chi connectivity index (χ1) is 5.04. The van der Waals surface area contributed by atoms with E-state index in [2.05, 4.69) is 5.92 Å².